The second-order valence-electron chi connectivity index (χ2n) is 4.49. The van der Waals surface area contributed by atoms with E-state index in [2.05, 4.69) is 20.6 Å². The Bertz CT molecular complexity index is 599. The highest BCUT2D eigenvalue weighted by Gasteiger charge is 2.33. The van der Waals surface area contributed by atoms with Crippen molar-refractivity contribution in [2.24, 2.45) is 0 Å². The predicted molar refractivity (Wildman–Crippen MR) is 75.1 cm³/mol. The number of nitrogens with zero attached hydrogens (tertiary/aromatic N) is 2. The average molecular weight is 296 g/mol. The van der Waals surface area contributed by atoms with Crippen LogP contribution in [-0.4, -0.2) is 17.0 Å². The molecule has 1 aromatic carbocycles. The Morgan fingerprint density at radius 1 is 1.10 bits per heavy atom. The molecule has 0 aliphatic carbocycles. The van der Waals surface area contributed by atoms with Crippen LogP contribution in [0.15, 0.2) is 36.4 Å². The van der Waals surface area contributed by atoms with Crippen molar-refractivity contribution >= 4 is 11.8 Å². The Hall–Kier alpha value is -2.31. The van der Waals surface area contributed by atoms with Gasteiger partial charge >= 0.3 is 6.18 Å². The summed E-state index contributed by atoms with van der Waals surface area (Å²) in [5, 5.41) is 5.48. The van der Waals surface area contributed by atoms with E-state index in [1.54, 1.807) is 0 Å². The van der Waals surface area contributed by atoms with E-state index in [-0.39, 0.29) is 17.8 Å². The van der Waals surface area contributed by atoms with E-state index in [9.17, 15) is 13.2 Å². The van der Waals surface area contributed by atoms with Gasteiger partial charge in [0.05, 0.1) is 0 Å². The third kappa shape index (κ3) is 3.84. The van der Waals surface area contributed by atoms with Crippen molar-refractivity contribution in [3.05, 3.63) is 47.7 Å². The lowest BCUT2D eigenvalue weighted by molar-refractivity contribution is -0.141. The van der Waals surface area contributed by atoms with Crippen LogP contribution in [0, 0.1) is 0 Å². The molecule has 21 heavy (non-hydrogen) atoms. The minimum atomic E-state index is -4.51. The summed E-state index contributed by atoms with van der Waals surface area (Å²) in [7, 11) is 1.47. The standard InChI is InChI=1S/C14H15F3N4/c1-9(10-6-4-3-5-7-10)19-12-8-11(14(15,16)17)20-13(18-2)21-12/h3-9H,1-2H3,(H2,18,19,20,21). The molecule has 1 aromatic heterocycles. The highest BCUT2D eigenvalue weighted by atomic mass is 19.4. The Balaban J connectivity index is 2.27. The van der Waals surface area contributed by atoms with Crippen LogP contribution >= 0.6 is 0 Å². The van der Waals surface area contributed by atoms with Gasteiger partial charge in [-0.1, -0.05) is 30.3 Å². The summed E-state index contributed by atoms with van der Waals surface area (Å²) in [6.07, 6.45) is -4.51. The lowest BCUT2D eigenvalue weighted by atomic mass is 10.1. The third-order valence-corrected chi connectivity index (χ3v) is 2.90. The number of anilines is 2. The van der Waals surface area contributed by atoms with E-state index in [4.69, 9.17) is 0 Å². The third-order valence-electron chi connectivity index (χ3n) is 2.90. The molecule has 0 saturated heterocycles. The van der Waals surface area contributed by atoms with Crippen LogP contribution in [0.4, 0.5) is 24.9 Å². The minimum Gasteiger partial charge on any atom is -0.363 e. The molecule has 2 N–H and O–H groups in total. The number of benzene rings is 1. The number of aromatic nitrogens is 2. The number of alkyl halides is 3. The summed E-state index contributed by atoms with van der Waals surface area (Å²) in [5.74, 6) is 0.0469. The van der Waals surface area contributed by atoms with Crippen molar-refractivity contribution < 1.29 is 13.2 Å². The van der Waals surface area contributed by atoms with Gasteiger partial charge in [0.2, 0.25) is 5.95 Å². The van der Waals surface area contributed by atoms with Crippen molar-refractivity contribution in [3.63, 3.8) is 0 Å². The van der Waals surface area contributed by atoms with Crippen molar-refractivity contribution in [2.45, 2.75) is 19.1 Å². The molecule has 1 heterocycles. The van der Waals surface area contributed by atoms with Gasteiger partial charge in [-0.15, -0.1) is 0 Å². The van der Waals surface area contributed by atoms with Gasteiger partial charge in [-0.05, 0) is 12.5 Å². The highest BCUT2D eigenvalue weighted by molar-refractivity contribution is 5.44. The van der Waals surface area contributed by atoms with E-state index in [1.165, 1.54) is 7.05 Å². The second kappa shape index (κ2) is 5.99. The van der Waals surface area contributed by atoms with E-state index >= 15 is 0 Å². The zero-order chi connectivity index (χ0) is 15.5. The number of rotatable bonds is 4. The van der Waals surface area contributed by atoms with Crippen molar-refractivity contribution in [1.82, 2.24) is 9.97 Å². The van der Waals surface area contributed by atoms with Gasteiger partial charge in [-0.2, -0.15) is 18.2 Å². The van der Waals surface area contributed by atoms with Gasteiger partial charge in [0.1, 0.15) is 5.82 Å². The monoisotopic (exact) mass is 296 g/mol. The van der Waals surface area contributed by atoms with Crippen molar-refractivity contribution in [2.75, 3.05) is 17.7 Å². The number of halogens is 3. The lowest BCUT2D eigenvalue weighted by Gasteiger charge is -2.16. The molecule has 0 radical (unpaired) electrons. The first-order chi connectivity index (χ1) is 9.90. The van der Waals surface area contributed by atoms with Crippen molar-refractivity contribution in [3.8, 4) is 0 Å². The smallest absolute Gasteiger partial charge is 0.363 e. The molecular weight excluding hydrogens is 281 g/mol. The van der Waals surface area contributed by atoms with Crippen LogP contribution in [0.25, 0.3) is 0 Å². The van der Waals surface area contributed by atoms with Gasteiger partial charge < -0.3 is 10.6 Å². The van der Waals surface area contributed by atoms with Gasteiger partial charge in [0.15, 0.2) is 5.69 Å². The summed E-state index contributed by atoms with van der Waals surface area (Å²) in [5.41, 5.74) is -0.0275. The molecule has 0 amide bonds. The second-order valence-corrected chi connectivity index (χ2v) is 4.49. The summed E-state index contributed by atoms with van der Waals surface area (Å²) in [6, 6.07) is 10.1. The SMILES string of the molecule is CNc1nc(NC(C)c2ccccc2)cc(C(F)(F)F)n1. The fourth-order valence-electron chi connectivity index (χ4n) is 1.83. The maximum Gasteiger partial charge on any atom is 0.433 e. The molecular formula is C14H15F3N4. The predicted octanol–water partition coefficient (Wildman–Crippen LogP) is 3.71. The van der Waals surface area contributed by atoms with Gasteiger partial charge in [0.25, 0.3) is 0 Å². The molecule has 2 aromatic rings. The summed E-state index contributed by atoms with van der Waals surface area (Å²) < 4.78 is 38.4. The fourth-order valence-corrected chi connectivity index (χ4v) is 1.83. The first-order valence-corrected chi connectivity index (χ1v) is 6.35. The molecule has 0 aliphatic rings. The number of hydrogen-bond acceptors (Lipinski definition) is 4. The van der Waals surface area contributed by atoms with Crippen LogP contribution in [0.2, 0.25) is 0 Å². The van der Waals surface area contributed by atoms with Crippen LogP contribution in [0.1, 0.15) is 24.2 Å². The Morgan fingerprint density at radius 3 is 2.33 bits per heavy atom. The first-order valence-electron chi connectivity index (χ1n) is 6.35. The maximum absolute atomic E-state index is 12.8. The Morgan fingerprint density at radius 2 is 1.76 bits per heavy atom. The maximum atomic E-state index is 12.8. The highest BCUT2D eigenvalue weighted by Crippen LogP contribution is 2.30. The quantitative estimate of drug-likeness (QED) is 0.903. The largest absolute Gasteiger partial charge is 0.433 e. The van der Waals surface area contributed by atoms with Crippen molar-refractivity contribution in [1.29, 1.82) is 0 Å². The topological polar surface area (TPSA) is 49.8 Å². The molecule has 1 atom stereocenters. The molecule has 2 rings (SSSR count). The molecule has 0 saturated carbocycles. The number of nitrogens with one attached hydrogen (secondary N) is 2. The molecule has 112 valence electrons. The van der Waals surface area contributed by atoms with E-state index in [1.807, 2.05) is 37.3 Å². The fraction of sp³-hybridized carbons (Fsp3) is 0.286. The molecule has 0 aliphatic heterocycles. The molecule has 0 spiro atoms. The van der Waals surface area contributed by atoms with Crippen LogP contribution < -0.4 is 10.6 Å². The Labute approximate surface area is 120 Å². The van der Waals surface area contributed by atoms with Crippen LogP contribution in [-0.2, 0) is 6.18 Å². The zero-order valence-electron chi connectivity index (χ0n) is 11.6. The summed E-state index contributed by atoms with van der Waals surface area (Å²) in [4.78, 5) is 7.41. The van der Waals surface area contributed by atoms with E-state index in [0.717, 1.165) is 11.6 Å². The molecule has 0 fully saturated rings. The molecule has 4 nitrogen and oxygen atoms in total. The number of hydrogen-bond donors (Lipinski definition) is 2. The first kappa shape index (κ1) is 15.1. The van der Waals surface area contributed by atoms with E-state index in [0.29, 0.717) is 0 Å². The van der Waals surface area contributed by atoms with E-state index < -0.39 is 11.9 Å². The summed E-state index contributed by atoms with van der Waals surface area (Å²) in [6.45, 7) is 1.85. The summed E-state index contributed by atoms with van der Waals surface area (Å²) >= 11 is 0. The normalized spacial score (nSPS) is 12.8. The minimum absolute atomic E-state index is 0.0763. The Kier molecular flexibility index (Phi) is 4.30. The molecule has 0 bridgehead atoms. The zero-order valence-corrected chi connectivity index (χ0v) is 11.6. The molecule has 7 heteroatoms. The van der Waals surface area contributed by atoms with Gasteiger partial charge in [0, 0.05) is 19.2 Å². The lowest BCUT2D eigenvalue weighted by Crippen LogP contribution is -2.14. The van der Waals surface area contributed by atoms with Gasteiger partial charge in [-0.25, -0.2) is 4.98 Å². The van der Waals surface area contributed by atoms with Gasteiger partial charge in [-0.3, -0.25) is 0 Å². The average Bonchev–Trinajstić information content (AvgIpc) is 2.46. The van der Waals surface area contributed by atoms with Crippen LogP contribution in [0.3, 0.4) is 0 Å². The van der Waals surface area contributed by atoms with Crippen LogP contribution in [0.5, 0.6) is 0 Å². The molecule has 1 unspecified atom stereocenters.